The van der Waals surface area contributed by atoms with Gasteiger partial charge in [0.15, 0.2) is 0 Å². The third-order valence-corrected chi connectivity index (χ3v) is 5.07. The highest BCUT2D eigenvalue weighted by Crippen LogP contribution is 2.22. The van der Waals surface area contributed by atoms with Gasteiger partial charge in [0, 0.05) is 32.2 Å². The molecule has 1 atom stereocenters. The van der Waals surface area contributed by atoms with Gasteiger partial charge in [0.25, 0.3) is 0 Å². The molecule has 0 aliphatic carbocycles. The molecule has 1 aromatic carbocycles. The summed E-state index contributed by atoms with van der Waals surface area (Å²) in [5.41, 5.74) is 1.02. The first-order valence-electron chi connectivity index (χ1n) is 7.05. The fourth-order valence-electron chi connectivity index (χ4n) is 2.25. The summed E-state index contributed by atoms with van der Waals surface area (Å²) >= 11 is 0. The van der Waals surface area contributed by atoms with Crippen LogP contribution in [-0.2, 0) is 10.0 Å². The smallest absolute Gasteiger partial charge is 0.210 e. The standard InChI is InChI=1S/C15H25FN2O2S/c1-12(2)18(11-10-17(4)21(5,19)20)13(3)14-6-8-15(16)9-7-14/h6-9,12-13H,10-11H2,1-5H3/t13-/m1/s1. The highest BCUT2D eigenvalue weighted by atomic mass is 32.2. The Labute approximate surface area is 127 Å². The Morgan fingerprint density at radius 3 is 2.05 bits per heavy atom. The molecule has 0 bridgehead atoms. The Hall–Kier alpha value is -0.980. The molecular formula is C15H25FN2O2S. The van der Waals surface area contributed by atoms with Gasteiger partial charge in [0.05, 0.1) is 6.26 Å². The zero-order valence-corrected chi connectivity index (χ0v) is 14.2. The van der Waals surface area contributed by atoms with Crippen LogP contribution in [0.15, 0.2) is 24.3 Å². The van der Waals surface area contributed by atoms with E-state index >= 15 is 0 Å². The van der Waals surface area contributed by atoms with Crippen molar-refractivity contribution in [3.05, 3.63) is 35.6 Å². The minimum Gasteiger partial charge on any atom is -0.293 e. The number of hydrogen-bond acceptors (Lipinski definition) is 3. The third-order valence-electron chi connectivity index (χ3n) is 3.75. The highest BCUT2D eigenvalue weighted by Gasteiger charge is 2.20. The number of halogens is 1. The third kappa shape index (κ3) is 5.37. The monoisotopic (exact) mass is 316 g/mol. The molecule has 0 amide bonds. The Kier molecular flexibility index (Phi) is 6.31. The fraction of sp³-hybridized carbons (Fsp3) is 0.600. The van der Waals surface area contributed by atoms with Crippen molar-refractivity contribution < 1.29 is 12.8 Å². The Morgan fingerprint density at radius 2 is 1.62 bits per heavy atom. The molecule has 0 spiro atoms. The van der Waals surface area contributed by atoms with Crippen molar-refractivity contribution in [1.29, 1.82) is 0 Å². The van der Waals surface area contributed by atoms with E-state index in [4.69, 9.17) is 0 Å². The van der Waals surface area contributed by atoms with Gasteiger partial charge in [0.1, 0.15) is 5.82 Å². The minimum absolute atomic E-state index is 0.0959. The molecule has 4 nitrogen and oxygen atoms in total. The molecule has 6 heteroatoms. The van der Waals surface area contributed by atoms with Gasteiger partial charge >= 0.3 is 0 Å². The predicted molar refractivity (Wildman–Crippen MR) is 84.1 cm³/mol. The molecule has 21 heavy (non-hydrogen) atoms. The highest BCUT2D eigenvalue weighted by molar-refractivity contribution is 7.88. The zero-order valence-electron chi connectivity index (χ0n) is 13.4. The van der Waals surface area contributed by atoms with Crippen LogP contribution in [0.5, 0.6) is 0 Å². The number of hydrogen-bond donors (Lipinski definition) is 0. The molecular weight excluding hydrogens is 291 g/mol. The lowest BCUT2D eigenvalue weighted by Gasteiger charge is -2.34. The van der Waals surface area contributed by atoms with E-state index < -0.39 is 10.0 Å². The van der Waals surface area contributed by atoms with Crippen LogP contribution in [0.1, 0.15) is 32.4 Å². The molecule has 0 aromatic heterocycles. The SMILES string of the molecule is CC(C)N(CCN(C)S(C)(=O)=O)[C@H](C)c1ccc(F)cc1. The number of rotatable bonds is 7. The topological polar surface area (TPSA) is 40.6 Å². The summed E-state index contributed by atoms with van der Waals surface area (Å²) in [5, 5.41) is 0. The van der Waals surface area contributed by atoms with E-state index in [1.165, 1.54) is 22.7 Å². The van der Waals surface area contributed by atoms with E-state index in [1.807, 2.05) is 6.92 Å². The zero-order chi connectivity index (χ0) is 16.2. The quantitative estimate of drug-likeness (QED) is 0.776. The van der Waals surface area contributed by atoms with Crippen LogP contribution < -0.4 is 0 Å². The summed E-state index contributed by atoms with van der Waals surface area (Å²) < 4.78 is 37.3. The van der Waals surface area contributed by atoms with Crippen molar-refractivity contribution >= 4 is 10.0 Å². The van der Waals surface area contributed by atoms with Crippen LogP contribution in [0.25, 0.3) is 0 Å². The molecule has 0 heterocycles. The van der Waals surface area contributed by atoms with Gasteiger partial charge < -0.3 is 0 Å². The fourth-order valence-corrected chi connectivity index (χ4v) is 2.67. The van der Waals surface area contributed by atoms with Gasteiger partial charge in [-0.3, -0.25) is 4.90 Å². The molecule has 0 aliphatic heterocycles. The first-order chi connectivity index (χ1) is 9.62. The molecule has 0 saturated heterocycles. The van der Waals surface area contributed by atoms with Crippen LogP contribution in [0.3, 0.4) is 0 Å². The van der Waals surface area contributed by atoms with E-state index in [-0.39, 0.29) is 17.9 Å². The van der Waals surface area contributed by atoms with Crippen molar-refractivity contribution in [2.24, 2.45) is 0 Å². The Morgan fingerprint density at radius 1 is 1.10 bits per heavy atom. The average molecular weight is 316 g/mol. The lowest BCUT2D eigenvalue weighted by Crippen LogP contribution is -2.40. The maximum absolute atomic E-state index is 13.0. The summed E-state index contributed by atoms with van der Waals surface area (Å²) in [7, 11) is -1.58. The van der Waals surface area contributed by atoms with E-state index in [0.29, 0.717) is 13.1 Å². The van der Waals surface area contributed by atoms with Crippen LogP contribution in [0, 0.1) is 5.82 Å². The van der Waals surface area contributed by atoms with Gasteiger partial charge in [-0.15, -0.1) is 0 Å². The van der Waals surface area contributed by atoms with Crippen LogP contribution >= 0.6 is 0 Å². The molecule has 0 N–H and O–H groups in total. The van der Waals surface area contributed by atoms with Gasteiger partial charge in [-0.25, -0.2) is 17.1 Å². The molecule has 120 valence electrons. The second-order valence-electron chi connectivity index (χ2n) is 5.64. The first-order valence-corrected chi connectivity index (χ1v) is 8.90. The van der Waals surface area contributed by atoms with Gasteiger partial charge in [-0.05, 0) is 38.5 Å². The van der Waals surface area contributed by atoms with Crippen molar-refractivity contribution in [3.8, 4) is 0 Å². The lowest BCUT2D eigenvalue weighted by atomic mass is 10.1. The Balaban J connectivity index is 2.79. The number of sulfonamides is 1. The Bertz CT molecular complexity index is 543. The van der Waals surface area contributed by atoms with E-state index in [2.05, 4.69) is 18.7 Å². The van der Waals surface area contributed by atoms with Crippen molar-refractivity contribution in [1.82, 2.24) is 9.21 Å². The summed E-state index contributed by atoms with van der Waals surface area (Å²) in [6.45, 7) is 7.25. The van der Waals surface area contributed by atoms with E-state index in [9.17, 15) is 12.8 Å². The van der Waals surface area contributed by atoms with Crippen LogP contribution in [0.2, 0.25) is 0 Å². The predicted octanol–water partition coefficient (Wildman–Crippen LogP) is 2.49. The van der Waals surface area contributed by atoms with Gasteiger partial charge in [-0.1, -0.05) is 12.1 Å². The summed E-state index contributed by atoms with van der Waals surface area (Å²) in [6, 6.07) is 6.81. The molecule has 1 rings (SSSR count). The van der Waals surface area contributed by atoms with E-state index in [0.717, 1.165) is 5.56 Å². The van der Waals surface area contributed by atoms with Crippen molar-refractivity contribution in [2.45, 2.75) is 32.9 Å². The summed E-state index contributed by atoms with van der Waals surface area (Å²) in [6.07, 6.45) is 1.20. The molecule has 0 aliphatic rings. The first kappa shape index (κ1) is 18.1. The normalized spacial score (nSPS) is 14.1. The molecule has 0 fully saturated rings. The van der Waals surface area contributed by atoms with Gasteiger partial charge in [0.2, 0.25) is 10.0 Å². The van der Waals surface area contributed by atoms with Crippen LogP contribution in [-0.4, -0.2) is 50.1 Å². The molecule has 1 aromatic rings. The average Bonchev–Trinajstić information content (AvgIpc) is 2.37. The lowest BCUT2D eigenvalue weighted by molar-refractivity contribution is 0.157. The second-order valence-corrected chi connectivity index (χ2v) is 7.73. The maximum Gasteiger partial charge on any atom is 0.210 e. The summed E-state index contributed by atoms with van der Waals surface area (Å²) in [5.74, 6) is -0.251. The number of nitrogens with zero attached hydrogens (tertiary/aromatic N) is 2. The maximum atomic E-state index is 13.0. The van der Waals surface area contributed by atoms with Crippen molar-refractivity contribution in [3.63, 3.8) is 0 Å². The van der Waals surface area contributed by atoms with Gasteiger partial charge in [-0.2, -0.15) is 0 Å². The number of likely N-dealkylation sites (N-methyl/N-ethyl adjacent to an activating group) is 1. The number of benzene rings is 1. The minimum atomic E-state index is -3.16. The second kappa shape index (κ2) is 7.33. The van der Waals surface area contributed by atoms with Crippen LogP contribution in [0.4, 0.5) is 4.39 Å². The largest absolute Gasteiger partial charge is 0.293 e. The molecule has 0 unspecified atom stereocenters. The van der Waals surface area contributed by atoms with E-state index in [1.54, 1.807) is 19.2 Å². The summed E-state index contributed by atoms with van der Waals surface area (Å²) in [4.78, 5) is 2.20. The molecule has 0 saturated carbocycles. The molecule has 0 radical (unpaired) electrons. The van der Waals surface area contributed by atoms with Crippen molar-refractivity contribution in [2.75, 3.05) is 26.4 Å².